The van der Waals surface area contributed by atoms with Crippen molar-refractivity contribution in [2.45, 2.75) is 26.3 Å². The van der Waals surface area contributed by atoms with E-state index in [1.54, 1.807) is 0 Å². The number of anilines is 1. The van der Waals surface area contributed by atoms with Crippen LogP contribution in [0.5, 0.6) is 0 Å². The van der Waals surface area contributed by atoms with Crippen LogP contribution < -0.4 is 11.1 Å². The molecule has 1 fully saturated rings. The van der Waals surface area contributed by atoms with Gasteiger partial charge in [0.2, 0.25) is 5.91 Å². The van der Waals surface area contributed by atoms with Gasteiger partial charge in [-0.1, -0.05) is 12.1 Å². The van der Waals surface area contributed by atoms with Crippen molar-refractivity contribution < 1.29 is 4.79 Å². The topological polar surface area (TPSA) is 58.4 Å². The Bertz CT molecular complexity index is 450. The quantitative estimate of drug-likeness (QED) is 0.888. The number of nitrogens with two attached hydrogens (primary N) is 1. The van der Waals surface area contributed by atoms with Gasteiger partial charge >= 0.3 is 0 Å². The van der Waals surface area contributed by atoms with Gasteiger partial charge in [-0.15, -0.1) is 12.4 Å². The molecule has 0 spiro atoms. The molecular weight excluding hydrogens is 262 g/mol. The molecule has 0 aromatic heterocycles. The number of hydrogen-bond donors (Lipinski definition) is 2. The van der Waals surface area contributed by atoms with E-state index in [0.717, 1.165) is 36.3 Å². The highest BCUT2D eigenvalue weighted by molar-refractivity contribution is 5.93. The van der Waals surface area contributed by atoms with Crippen molar-refractivity contribution in [1.82, 2.24) is 4.90 Å². The van der Waals surface area contributed by atoms with Crippen LogP contribution in [0.2, 0.25) is 0 Å². The number of aryl methyl sites for hydroxylation is 2. The van der Waals surface area contributed by atoms with Crippen LogP contribution >= 0.6 is 12.4 Å². The van der Waals surface area contributed by atoms with Gasteiger partial charge in [-0.05, 0) is 37.5 Å². The normalized spacial score (nSPS) is 19.0. The second-order valence-corrected chi connectivity index (χ2v) is 5.15. The molecular formula is C14H22ClN3O. The zero-order valence-electron chi connectivity index (χ0n) is 11.5. The summed E-state index contributed by atoms with van der Waals surface area (Å²) >= 11 is 0. The maximum absolute atomic E-state index is 11.9. The van der Waals surface area contributed by atoms with E-state index < -0.39 is 0 Å². The number of nitrogens with one attached hydrogen (secondary N) is 1. The molecule has 0 radical (unpaired) electrons. The van der Waals surface area contributed by atoms with Gasteiger partial charge in [-0.2, -0.15) is 0 Å². The minimum Gasteiger partial charge on any atom is -0.326 e. The molecule has 0 saturated carbocycles. The van der Waals surface area contributed by atoms with Crippen molar-refractivity contribution in [1.29, 1.82) is 0 Å². The molecule has 1 aliphatic rings. The minimum absolute atomic E-state index is 0. The number of halogens is 1. The lowest BCUT2D eigenvalue weighted by atomic mass is 10.1. The summed E-state index contributed by atoms with van der Waals surface area (Å²) in [5.74, 6) is 0.0396. The second-order valence-electron chi connectivity index (χ2n) is 5.15. The van der Waals surface area contributed by atoms with E-state index in [9.17, 15) is 4.79 Å². The summed E-state index contributed by atoms with van der Waals surface area (Å²) in [6, 6.07) is 6.29. The van der Waals surface area contributed by atoms with Crippen LogP contribution in [0.3, 0.4) is 0 Å². The van der Waals surface area contributed by atoms with Gasteiger partial charge in [-0.3, -0.25) is 9.69 Å². The predicted molar refractivity (Wildman–Crippen MR) is 80.8 cm³/mol. The maximum atomic E-state index is 11.9. The largest absolute Gasteiger partial charge is 0.326 e. The molecule has 0 unspecified atom stereocenters. The first kappa shape index (κ1) is 16.0. The van der Waals surface area contributed by atoms with Crippen molar-refractivity contribution in [3.63, 3.8) is 0 Å². The lowest BCUT2D eigenvalue weighted by Gasteiger charge is -2.15. The third kappa shape index (κ3) is 4.49. The first-order valence-corrected chi connectivity index (χ1v) is 6.39. The molecule has 1 amide bonds. The first-order chi connectivity index (χ1) is 8.54. The molecule has 1 aliphatic heterocycles. The van der Waals surface area contributed by atoms with Crippen molar-refractivity contribution >= 4 is 24.0 Å². The van der Waals surface area contributed by atoms with E-state index in [0.29, 0.717) is 6.54 Å². The highest BCUT2D eigenvalue weighted by Crippen LogP contribution is 2.16. The minimum atomic E-state index is 0. The Balaban J connectivity index is 0.00000180. The Hall–Kier alpha value is -1.10. The number of benzene rings is 1. The summed E-state index contributed by atoms with van der Waals surface area (Å²) in [5.41, 5.74) is 8.97. The zero-order chi connectivity index (χ0) is 13.1. The Labute approximate surface area is 120 Å². The van der Waals surface area contributed by atoms with Crippen molar-refractivity contribution in [2.75, 3.05) is 25.0 Å². The van der Waals surface area contributed by atoms with E-state index in [2.05, 4.69) is 10.2 Å². The predicted octanol–water partition coefficient (Wildman–Crippen LogP) is 1.70. The van der Waals surface area contributed by atoms with Crippen molar-refractivity contribution in [3.8, 4) is 0 Å². The average molecular weight is 284 g/mol. The number of nitrogens with zero attached hydrogens (tertiary/aromatic N) is 1. The number of hydrogen-bond acceptors (Lipinski definition) is 3. The van der Waals surface area contributed by atoms with Gasteiger partial charge in [0, 0.05) is 24.8 Å². The smallest absolute Gasteiger partial charge is 0.238 e. The summed E-state index contributed by atoms with van der Waals surface area (Å²) < 4.78 is 0. The van der Waals surface area contributed by atoms with Gasteiger partial charge in [0.05, 0.1) is 6.54 Å². The Kier molecular flexibility index (Phi) is 5.79. The van der Waals surface area contributed by atoms with E-state index in [1.807, 2.05) is 32.0 Å². The molecule has 1 atom stereocenters. The second kappa shape index (κ2) is 6.89. The van der Waals surface area contributed by atoms with Crippen LogP contribution in [0.15, 0.2) is 18.2 Å². The summed E-state index contributed by atoms with van der Waals surface area (Å²) in [4.78, 5) is 14.0. The van der Waals surface area contributed by atoms with Gasteiger partial charge in [0.25, 0.3) is 0 Å². The van der Waals surface area contributed by atoms with Crippen LogP contribution in [-0.2, 0) is 4.79 Å². The molecule has 0 aliphatic carbocycles. The molecule has 4 nitrogen and oxygen atoms in total. The summed E-state index contributed by atoms with van der Waals surface area (Å²) in [6.07, 6.45) is 0.983. The van der Waals surface area contributed by atoms with Gasteiger partial charge < -0.3 is 11.1 Å². The van der Waals surface area contributed by atoms with E-state index in [4.69, 9.17) is 5.73 Å². The molecule has 1 saturated heterocycles. The molecule has 1 heterocycles. The van der Waals surface area contributed by atoms with Crippen LogP contribution in [0.4, 0.5) is 5.69 Å². The van der Waals surface area contributed by atoms with Gasteiger partial charge in [-0.25, -0.2) is 0 Å². The molecule has 1 aromatic rings. The van der Waals surface area contributed by atoms with Crippen LogP contribution in [-0.4, -0.2) is 36.5 Å². The third-order valence-corrected chi connectivity index (χ3v) is 3.34. The molecule has 2 rings (SSSR count). The molecule has 106 valence electrons. The van der Waals surface area contributed by atoms with Crippen LogP contribution in [0, 0.1) is 13.8 Å². The van der Waals surface area contributed by atoms with Crippen molar-refractivity contribution in [2.24, 2.45) is 5.73 Å². The fourth-order valence-corrected chi connectivity index (χ4v) is 2.27. The number of amides is 1. The molecule has 0 bridgehead atoms. The highest BCUT2D eigenvalue weighted by atomic mass is 35.5. The molecule has 19 heavy (non-hydrogen) atoms. The SMILES string of the molecule is Cc1ccc(C)c(NC(=O)CN2CC[C@H](N)C2)c1.Cl. The Morgan fingerprint density at radius 2 is 2.21 bits per heavy atom. The van der Waals surface area contributed by atoms with E-state index >= 15 is 0 Å². The van der Waals surface area contributed by atoms with Crippen LogP contribution in [0.25, 0.3) is 0 Å². The molecule has 3 N–H and O–H groups in total. The number of rotatable bonds is 3. The zero-order valence-corrected chi connectivity index (χ0v) is 12.3. The van der Waals surface area contributed by atoms with Crippen molar-refractivity contribution in [3.05, 3.63) is 29.3 Å². The summed E-state index contributed by atoms with van der Waals surface area (Å²) in [7, 11) is 0. The van der Waals surface area contributed by atoms with Gasteiger partial charge in [0.15, 0.2) is 0 Å². The number of likely N-dealkylation sites (tertiary alicyclic amines) is 1. The monoisotopic (exact) mass is 283 g/mol. The van der Waals surface area contributed by atoms with Gasteiger partial charge in [0.1, 0.15) is 0 Å². The number of carbonyl (C=O) groups is 1. The van der Waals surface area contributed by atoms with E-state index in [-0.39, 0.29) is 24.4 Å². The standard InChI is InChI=1S/C14H21N3O.ClH/c1-10-3-4-11(2)13(7-10)16-14(18)9-17-6-5-12(15)8-17;/h3-4,7,12H,5-6,8-9,15H2,1-2H3,(H,16,18);1H/t12-;/m0./s1. The lowest BCUT2D eigenvalue weighted by molar-refractivity contribution is -0.117. The lowest BCUT2D eigenvalue weighted by Crippen LogP contribution is -2.33. The highest BCUT2D eigenvalue weighted by Gasteiger charge is 2.21. The summed E-state index contributed by atoms with van der Waals surface area (Å²) in [6.45, 7) is 6.19. The Morgan fingerprint density at radius 1 is 1.47 bits per heavy atom. The third-order valence-electron chi connectivity index (χ3n) is 3.34. The molecule has 5 heteroatoms. The fraction of sp³-hybridized carbons (Fsp3) is 0.500. The first-order valence-electron chi connectivity index (χ1n) is 6.39. The number of carbonyl (C=O) groups excluding carboxylic acids is 1. The fourth-order valence-electron chi connectivity index (χ4n) is 2.27. The summed E-state index contributed by atoms with van der Waals surface area (Å²) in [5, 5.41) is 2.97. The maximum Gasteiger partial charge on any atom is 0.238 e. The van der Waals surface area contributed by atoms with Crippen LogP contribution in [0.1, 0.15) is 17.5 Å². The molecule has 1 aromatic carbocycles. The average Bonchev–Trinajstić information content (AvgIpc) is 2.69. The van der Waals surface area contributed by atoms with E-state index in [1.165, 1.54) is 0 Å². The Morgan fingerprint density at radius 3 is 2.84 bits per heavy atom.